The third-order valence-corrected chi connectivity index (χ3v) is 5.12. The first-order valence-corrected chi connectivity index (χ1v) is 9.63. The van der Waals surface area contributed by atoms with E-state index in [0.29, 0.717) is 34.7 Å². The molecule has 8 heteroatoms. The number of hydrogen-bond acceptors (Lipinski definition) is 6. The van der Waals surface area contributed by atoms with Crippen LogP contribution in [0.2, 0.25) is 0 Å². The number of aromatic nitrogens is 2. The molecule has 0 radical (unpaired) electrons. The van der Waals surface area contributed by atoms with Gasteiger partial charge in [-0.2, -0.15) is 4.98 Å². The Hall–Kier alpha value is -2.97. The van der Waals surface area contributed by atoms with Gasteiger partial charge in [-0.15, -0.1) is 0 Å². The monoisotopic (exact) mass is 456 g/mol. The third-order valence-electron chi connectivity index (χ3n) is 4.62. The molecule has 148 valence electrons. The van der Waals surface area contributed by atoms with Gasteiger partial charge < -0.3 is 13.9 Å². The van der Waals surface area contributed by atoms with E-state index in [4.69, 9.17) is 13.9 Å². The quantitative estimate of drug-likeness (QED) is 0.426. The highest BCUT2D eigenvalue weighted by Gasteiger charge is 2.19. The van der Waals surface area contributed by atoms with Crippen molar-refractivity contribution in [3.8, 4) is 17.1 Å². The first-order chi connectivity index (χ1) is 14.0. The Morgan fingerprint density at radius 1 is 1.10 bits per heavy atom. The van der Waals surface area contributed by atoms with Crippen LogP contribution < -0.4 is 15.7 Å². The summed E-state index contributed by atoms with van der Waals surface area (Å²) in [6.07, 6.45) is 0. The van der Waals surface area contributed by atoms with Gasteiger partial charge in [-0.3, -0.25) is 14.2 Å². The summed E-state index contributed by atoms with van der Waals surface area (Å²) in [5.74, 6) is 1.07. The van der Waals surface area contributed by atoms with Gasteiger partial charge >= 0.3 is 0 Å². The summed E-state index contributed by atoms with van der Waals surface area (Å²) < 4.78 is 18.3. The van der Waals surface area contributed by atoms with Crippen molar-refractivity contribution in [2.75, 3.05) is 20.8 Å². The molecule has 0 amide bonds. The third kappa shape index (κ3) is 3.45. The van der Waals surface area contributed by atoms with Gasteiger partial charge in [0.15, 0.2) is 5.39 Å². The molecule has 0 fully saturated rings. The maximum absolute atomic E-state index is 13.3. The van der Waals surface area contributed by atoms with Gasteiger partial charge in [0, 0.05) is 17.1 Å². The van der Waals surface area contributed by atoms with E-state index in [1.54, 1.807) is 56.7 Å². The van der Waals surface area contributed by atoms with Crippen LogP contribution in [0.15, 0.2) is 60.9 Å². The van der Waals surface area contributed by atoms with Gasteiger partial charge in [0.2, 0.25) is 11.1 Å². The molecular weight excluding hydrogens is 440 g/mol. The second-order valence-corrected chi connectivity index (χ2v) is 7.28. The fourth-order valence-corrected chi connectivity index (χ4v) is 3.52. The molecule has 2 aromatic carbocycles. The summed E-state index contributed by atoms with van der Waals surface area (Å²) in [6.45, 7) is 0.538. The lowest BCUT2D eigenvalue weighted by atomic mass is 10.1. The zero-order chi connectivity index (χ0) is 20.5. The van der Waals surface area contributed by atoms with E-state index >= 15 is 0 Å². The predicted molar refractivity (Wildman–Crippen MR) is 114 cm³/mol. The molecule has 0 atom stereocenters. The van der Waals surface area contributed by atoms with Crippen LogP contribution >= 0.6 is 15.9 Å². The van der Waals surface area contributed by atoms with Crippen LogP contribution in [0.3, 0.4) is 0 Å². The summed E-state index contributed by atoms with van der Waals surface area (Å²) in [5.41, 5.74) is 0.197. The van der Waals surface area contributed by atoms with E-state index in [0.717, 1.165) is 4.47 Å². The van der Waals surface area contributed by atoms with E-state index in [-0.39, 0.29) is 17.6 Å². The Balaban J connectivity index is 2.06. The van der Waals surface area contributed by atoms with Crippen molar-refractivity contribution in [1.82, 2.24) is 9.55 Å². The van der Waals surface area contributed by atoms with E-state index in [2.05, 4.69) is 20.9 Å². The number of methoxy groups -OCH3 is 2. The lowest BCUT2D eigenvalue weighted by Gasteiger charge is -2.13. The van der Waals surface area contributed by atoms with Crippen LogP contribution in [0.5, 0.6) is 5.75 Å². The molecule has 0 aliphatic carbocycles. The summed E-state index contributed by atoms with van der Waals surface area (Å²) in [5, 5.41) is 0.241. The molecule has 2 aromatic heterocycles. The van der Waals surface area contributed by atoms with Crippen molar-refractivity contribution in [1.29, 1.82) is 0 Å². The van der Waals surface area contributed by atoms with Crippen LogP contribution in [0, 0.1) is 0 Å². The molecule has 0 saturated heterocycles. The summed E-state index contributed by atoms with van der Waals surface area (Å²) in [7, 11) is 3.13. The minimum atomic E-state index is -0.464. The van der Waals surface area contributed by atoms with Gasteiger partial charge in [-0.25, -0.2) is 0 Å². The number of nitrogens with zero attached hydrogens (tertiary/aromatic N) is 2. The first kappa shape index (κ1) is 19.4. The lowest BCUT2D eigenvalue weighted by molar-refractivity contribution is 0.186. The van der Waals surface area contributed by atoms with Crippen molar-refractivity contribution < 1.29 is 13.9 Å². The predicted octanol–water partition coefficient (Wildman–Crippen LogP) is 3.59. The van der Waals surface area contributed by atoms with Crippen LogP contribution in [0.1, 0.15) is 0 Å². The molecule has 0 aliphatic rings. The highest BCUT2D eigenvalue weighted by atomic mass is 79.9. The first-order valence-electron chi connectivity index (χ1n) is 8.83. The van der Waals surface area contributed by atoms with E-state index < -0.39 is 11.0 Å². The van der Waals surface area contributed by atoms with Crippen molar-refractivity contribution in [3.63, 3.8) is 0 Å². The minimum Gasteiger partial charge on any atom is -0.497 e. The topological polar surface area (TPSA) is 83.6 Å². The number of fused-ring (bicyclic) bond motifs is 2. The average Bonchev–Trinajstić information content (AvgIpc) is 2.73. The molecule has 0 aliphatic heterocycles. The van der Waals surface area contributed by atoms with Crippen molar-refractivity contribution in [3.05, 3.63) is 67.5 Å². The lowest BCUT2D eigenvalue weighted by Crippen LogP contribution is -2.28. The standard InChI is InChI=1S/C21H17BrN2O5/c1-27-10-9-24-19(12-3-6-14(28-2)7-4-12)23-20-17(21(24)26)18(25)15-11-13(22)5-8-16(15)29-20/h3-8,11H,9-10H2,1-2H3. The maximum Gasteiger partial charge on any atom is 0.269 e. The van der Waals surface area contributed by atoms with Crippen LogP contribution in [0.4, 0.5) is 0 Å². The molecule has 29 heavy (non-hydrogen) atoms. The number of halogens is 1. The van der Waals surface area contributed by atoms with Crippen LogP contribution in [-0.4, -0.2) is 30.4 Å². The summed E-state index contributed by atoms with van der Waals surface area (Å²) in [4.78, 5) is 30.8. The van der Waals surface area contributed by atoms with E-state index in [1.165, 1.54) is 4.57 Å². The Labute approximate surface area is 173 Å². The molecule has 0 N–H and O–H groups in total. The zero-order valence-electron chi connectivity index (χ0n) is 15.8. The van der Waals surface area contributed by atoms with Crippen molar-refractivity contribution in [2.45, 2.75) is 6.54 Å². The molecule has 0 saturated carbocycles. The van der Waals surface area contributed by atoms with Gasteiger partial charge in [0.1, 0.15) is 17.2 Å². The highest BCUT2D eigenvalue weighted by Crippen LogP contribution is 2.24. The summed E-state index contributed by atoms with van der Waals surface area (Å²) >= 11 is 3.35. The smallest absolute Gasteiger partial charge is 0.269 e. The SMILES string of the molecule is COCCn1c(-c2ccc(OC)cc2)nc2oc3ccc(Br)cc3c(=O)c2c1=O. The molecular formula is C21H17BrN2O5. The molecule has 4 rings (SSSR count). The Kier molecular flexibility index (Phi) is 5.21. The zero-order valence-corrected chi connectivity index (χ0v) is 17.4. The molecule has 0 spiro atoms. The minimum absolute atomic E-state index is 0.00862. The normalized spacial score (nSPS) is 11.3. The summed E-state index contributed by atoms with van der Waals surface area (Å²) in [6, 6.07) is 12.2. The fraction of sp³-hybridized carbons (Fsp3) is 0.190. The number of benzene rings is 2. The number of rotatable bonds is 5. The van der Waals surface area contributed by atoms with E-state index in [1.807, 2.05) is 0 Å². The van der Waals surface area contributed by atoms with Crippen LogP contribution in [-0.2, 0) is 11.3 Å². The Bertz CT molecular complexity index is 1330. The molecule has 0 bridgehead atoms. The highest BCUT2D eigenvalue weighted by molar-refractivity contribution is 9.10. The number of hydrogen-bond donors (Lipinski definition) is 0. The van der Waals surface area contributed by atoms with Gasteiger partial charge in [0.25, 0.3) is 5.56 Å². The largest absolute Gasteiger partial charge is 0.497 e. The molecule has 0 unspecified atom stereocenters. The molecule has 7 nitrogen and oxygen atoms in total. The molecule has 2 heterocycles. The number of ether oxygens (including phenoxy) is 2. The Morgan fingerprint density at radius 2 is 1.86 bits per heavy atom. The second-order valence-electron chi connectivity index (χ2n) is 6.37. The Morgan fingerprint density at radius 3 is 2.55 bits per heavy atom. The maximum atomic E-state index is 13.3. The van der Waals surface area contributed by atoms with Crippen molar-refractivity contribution in [2.24, 2.45) is 0 Å². The van der Waals surface area contributed by atoms with Gasteiger partial charge in [-0.1, -0.05) is 15.9 Å². The average molecular weight is 457 g/mol. The van der Waals surface area contributed by atoms with E-state index in [9.17, 15) is 9.59 Å². The molecule has 4 aromatic rings. The van der Waals surface area contributed by atoms with Crippen molar-refractivity contribution >= 4 is 38.0 Å². The second kappa shape index (κ2) is 7.81. The van der Waals surface area contributed by atoms with Crippen LogP contribution in [0.25, 0.3) is 33.5 Å². The van der Waals surface area contributed by atoms with Gasteiger partial charge in [-0.05, 0) is 42.5 Å². The van der Waals surface area contributed by atoms with Gasteiger partial charge in [0.05, 0.1) is 25.6 Å². The fourth-order valence-electron chi connectivity index (χ4n) is 3.16.